The Balaban J connectivity index is 2.05. The van der Waals surface area contributed by atoms with Gasteiger partial charge in [0.05, 0.1) is 38.5 Å². The molecule has 0 radical (unpaired) electrons. The predicted octanol–water partition coefficient (Wildman–Crippen LogP) is 2.91. The second-order valence-electron chi connectivity index (χ2n) is 7.50. The summed E-state index contributed by atoms with van der Waals surface area (Å²) < 4.78 is 16.5. The number of halogens is 1. The van der Waals surface area contributed by atoms with E-state index in [1.165, 1.54) is 0 Å². The van der Waals surface area contributed by atoms with Crippen molar-refractivity contribution >= 4 is 17.6 Å². The lowest BCUT2D eigenvalue weighted by molar-refractivity contribution is -0.00834. The second kappa shape index (κ2) is 11.5. The number of rotatable bonds is 9. The van der Waals surface area contributed by atoms with Gasteiger partial charge in [0.25, 0.3) is 0 Å². The zero-order valence-corrected chi connectivity index (χ0v) is 19.1. The zero-order chi connectivity index (χ0) is 21.3. The van der Waals surface area contributed by atoms with Crippen molar-refractivity contribution in [1.82, 2.24) is 15.5 Å². The summed E-state index contributed by atoms with van der Waals surface area (Å²) in [6.45, 7) is 14.5. The molecule has 0 saturated carbocycles. The van der Waals surface area contributed by atoms with Crippen LogP contribution in [0.15, 0.2) is 17.1 Å². The Morgan fingerprint density at radius 1 is 1.24 bits per heavy atom. The molecule has 0 amide bonds. The predicted molar refractivity (Wildman–Crippen MR) is 118 cm³/mol. The van der Waals surface area contributed by atoms with E-state index in [2.05, 4.69) is 36.3 Å². The number of morpholine rings is 1. The molecule has 0 atom stereocenters. The van der Waals surface area contributed by atoms with Gasteiger partial charge in [0.1, 0.15) is 0 Å². The van der Waals surface area contributed by atoms with Crippen LogP contribution in [-0.4, -0.2) is 69.5 Å². The van der Waals surface area contributed by atoms with Gasteiger partial charge in [-0.1, -0.05) is 11.6 Å². The van der Waals surface area contributed by atoms with Gasteiger partial charge in [-0.2, -0.15) is 0 Å². The SMILES string of the molecule is CCNC(=NCc1cc(Cl)c(OCC)c(OC)c1)NCC(C)(C)N1CCOCC1. The molecule has 1 saturated heterocycles. The van der Waals surface area contributed by atoms with Gasteiger partial charge in [0, 0.05) is 31.7 Å². The summed E-state index contributed by atoms with van der Waals surface area (Å²) in [7, 11) is 1.61. The average molecular weight is 427 g/mol. The Morgan fingerprint density at radius 3 is 2.59 bits per heavy atom. The number of methoxy groups -OCH3 is 1. The summed E-state index contributed by atoms with van der Waals surface area (Å²) in [5.41, 5.74) is 0.964. The Hall–Kier alpha value is -1.70. The molecule has 8 heteroatoms. The Kier molecular flexibility index (Phi) is 9.33. The minimum atomic E-state index is 0.00559. The van der Waals surface area contributed by atoms with Crippen molar-refractivity contribution in [2.75, 3.05) is 53.1 Å². The molecule has 0 spiro atoms. The van der Waals surface area contributed by atoms with Crippen molar-refractivity contribution < 1.29 is 14.2 Å². The second-order valence-corrected chi connectivity index (χ2v) is 7.91. The van der Waals surface area contributed by atoms with E-state index in [4.69, 9.17) is 30.8 Å². The number of hydrogen-bond acceptors (Lipinski definition) is 5. The van der Waals surface area contributed by atoms with Crippen molar-refractivity contribution in [2.24, 2.45) is 4.99 Å². The molecule has 0 aliphatic carbocycles. The van der Waals surface area contributed by atoms with Gasteiger partial charge in [-0.25, -0.2) is 4.99 Å². The molecule has 1 aromatic rings. The maximum atomic E-state index is 6.38. The molecule has 0 unspecified atom stereocenters. The Labute approximate surface area is 179 Å². The molecule has 7 nitrogen and oxygen atoms in total. The zero-order valence-electron chi connectivity index (χ0n) is 18.3. The molecule has 1 aromatic carbocycles. The van der Waals surface area contributed by atoms with Crippen molar-refractivity contribution in [3.8, 4) is 11.5 Å². The van der Waals surface area contributed by atoms with E-state index < -0.39 is 0 Å². The number of benzene rings is 1. The van der Waals surface area contributed by atoms with E-state index in [0.717, 1.165) is 50.9 Å². The summed E-state index contributed by atoms with van der Waals surface area (Å²) in [5, 5.41) is 7.31. The molecule has 1 aliphatic heterocycles. The molecule has 29 heavy (non-hydrogen) atoms. The topological polar surface area (TPSA) is 67.4 Å². The number of hydrogen-bond donors (Lipinski definition) is 2. The van der Waals surface area contributed by atoms with Crippen LogP contribution >= 0.6 is 11.6 Å². The monoisotopic (exact) mass is 426 g/mol. The molecule has 1 fully saturated rings. The fourth-order valence-electron chi connectivity index (χ4n) is 3.24. The number of nitrogens with zero attached hydrogens (tertiary/aromatic N) is 2. The third-order valence-corrected chi connectivity index (χ3v) is 5.18. The van der Waals surface area contributed by atoms with Crippen LogP contribution in [0.25, 0.3) is 0 Å². The highest BCUT2D eigenvalue weighted by Gasteiger charge is 2.28. The number of guanidine groups is 1. The van der Waals surface area contributed by atoms with Gasteiger partial charge < -0.3 is 24.8 Å². The highest BCUT2D eigenvalue weighted by molar-refractivity contribution is 6.32. The standard InChI is InChI=1S/C21H35ClN4O3/c1-6-23-20(25-15-21(3,4)26-8-10-28-11-9-26)24-14-16-12-17(22)19(29-7-2)18(13-16)27-5/h12-13H,6-11,14-15H2,1-5H3,(H2,23,24,25). The number of aliphatic imine (C=N–C) groups is 1. The molecule has 0 aromatic heterocycles. The van der Waals surface area contributed by atoms with Crippen LogP contribution in [0.3, 0.4) is 0 Å². The summed E-state index contributed by atoms with van der Waals surface area (Å²) in [6, 6.07) is 3.79. The van der Waals surface area contributed by atoms with E-state index in [-0.39, 0.29) is 5.54 Å². The molecule has 1 aliphatic rings. The lowest BCUT2D eigenvalue weighted by Crippen LogP contribution is -2.56. The first-order valence-electron chi connectivity index (χ1n) is 10.3. The van der Waals surface area contributed by atoms with Crippen molar-refractivity contribution in [1.29, 1.82) is 0 Å². The largest absolute Gasteiger partial charge is 0.493 e. The fourth-order valence-corrected chi connectivity index (χ4v) is 3.53. The van der Waals surface area contributed by atoms with Crippen LogP contribution in [0.2, 0.25) is 5.02 Å². The van der Waals surface area contributed by atoms with E-state index >= 15 is 0 Å². The normalized spacial score (nSPS) is 15.9. The first-order chi connectivity index (χ1) is 13.9. The molecule has 2 rings (SSSR count). The molecule has 2 N–H and O–H groups in total. The smallest absolute Gasteiger partial charge is 0.191 e. The van der Waals surface area contributed by atoms with Gasteiger partial charge in [0.15, 0.2) is 17.5 Å². The highest BCUT2D eigenvalue weighted by atomic mass is 35.5. The maximum absolute atomic E-state index is 6.38. The lowest BCUT2D eigenvalue weighted by atomic mass is 10.0. The third-order valence-electron chi connectivity index (χ3n) is 4.90. The molecule has 1 heterocycles. The minimum absolute atomic E-state index is 0.00559. The van der Waals surface area contributed by atoms with Crippen LogP contribution in [0.5, 0.6) is 11.5 Å². The van der Waals surface area contributed by atoms with Crippen LogP contribution in [0.1, 0.15) is 33.3 Å². The average Bonchev–Trinajstić information content (AvgIpc) is 2.72. The van der Waals surface area contributed by atoms with Crippen molar-refractivity contribution in [3.05, 3.63) is 22.7 Å². The Bertz CT molecular complexity index is 676. The first-order valence-corrected chi connectivity index (χ1v) is 10.6. The summed E-state index contributed by atoms with van der Waals surface area (Å²) in [5.74, 6) is 1.97. The van der Waals surface area contributed by atoms with Crippen LogP contribution < -0.4 is 20.1 Å². The van der Waals surface area contributed by atoms with Gasteiger partial charge >= 0.3 is 0 Å². The van der Waals surface area contributed by atoms with E-state index in [0.29, 0.717) is 29.7 Å². The number of ether oxygens (including phenoxy) is 3. The molecular formula is C21H35ClN4O3. The van der Waals surface area contributed by atoms with E-state index in [1.54, 1.807) is 7.11 Å². The Morgan fingerprint density at radius 2 is 1.97 bits per heavy atom. The first kappa shape index (κ1) is 23.6. The maximum Gasteiger partial charge on any atom is 0.191 e. The summed E-state index contributed by atoms with van der Waals surface area (Å²) >= 11 is 6.38. The highest BCUT2D eigenvalue weighted by Crippen LogP contribution is 2.36. The summed E-state index contributed by atoms with van der Waals surface area (Å²) in [4.78, 5) is 7.17. The van der Waals surface area contributed by atoms with Crippen LogP contribution in [-0.2, 0) is 11.3 Å². The van der Waals surface area contributed by atoms with Crippen LogP contribution in [0.4, 0.5) is 0 Å². The van der Waals surface area contributed by atoms with Crippen molar-refractivity contribution in [2.45, 2.75) is 39.8 Å². The fraction of sp³-hybridized carbons (Fsp3) is 0.667. The lowest BCUT2D eigenvalue weighted by Gasteiger charge is -2.41. The van der Waals surface area contributed by atoms with E-state index in [9.17, 15) is 0 Å². The van der Waals surface area contributed by atoms with E-state index in [1.807, 2.05) is 19.1 Å². The third kappa shape index (κ3) is 6.94. The van der Waals surface area contributed by atoms with Crippen molar-refractivity contribution in [3.63, 3.8) is 0 Å². The quantitative estimate of drug-likeness (QED) is 0.467. The van der Waals surface area contributed by atoms with Gasteiger partial charge in [-0.15, -0.1) is 0 Å². The molecular weight excluding hydrogens is 392 g/mol. The van der Waals surface area contributed by atoms with Gasteiger partial charge in [0.2, 0.25) is 0 Å². The van der Waals surface area contributed by atoms with Gasteiger partial charge in [-0.3, -0.25) is 4.90 Å². The number of nitrogens with one attached hydrogen (secondary N) is 2. The van der Waals surface area contributed by atoms with Crippen LogP contribution in [0, 0.1) is 0 Å². The summed E-state index contributed by atoms with van der Waals surface area (Å²) in [6.07, 6.45) is 0. The van der Waals surface area contributed by atoms with Gasteiger partial charge in [-0.05, 0) is 45.4 Å². The molecule has 164 valence electrons. The molecule has 0 bridgehead atoms. The minimum Gasteiger partial charge on any atom is -0.493 e.